The number of nitrogens with zero attached hydrogens (tertiary/aromatic N) is 3. The standard InChI is InChI=1S/C15H13F6N3O2S/c16-14(17,18)10-4-11(15(19,20)21)6-13(5-10)27(25,26)24-3-1-2-23-9-22-7-12(23)8-24/h4-7,9H,1-3,8H2. The third-order valence-corrected chi connectivity index (χ3v) is 5.97. The average molecular weight is 413 g/mol. The second kappa shape index (κ2) is 6.51. The molecule has 2 aromatic rings. The maximum Gasteiger partial charge on any atom is 0.416 e. The van der Waals surface area contributed by atoms with E-state index in [1.807, 2.05) is 0 Å². The Morgan fingerprint density at radius 2 is 1.52 bits per heavy atom. The van der Waals surface area contributed by atoms with Gasteiger partial charge in [0.15, 0.2) is 0 Å². The summed E-state index contributed by atoms with van der Waals surface area (Å²) >= 11 is 0. The molecule has 0 aliphatic carbocycles. The molecule has 0 saturated carbocycles. The fraction of sp³-hybridized carbons (Fsp3) is 0.400. The molecule has 3 rings (SSSR count). The molecule has 0 fully saturated rings. The summed E-state index contributed by atoms with van der Waals surface area (Å²) in [5, 5.41) is 0. The number of aromatic nitrogens is 2. The number of imidazole rings is 1. The molecule has 12 heteroatoms. The highest BCUT2D eigenvalue weighted by Gasteiger charge is 2.39. The molecule has 0 bridgehead atoms. The lowest BCUT2D eigenvalue weighted by atomic mass is 10.1. The summed E-state index contributed by atoms with van der Waals surface area (Å²) in [5.74, 6) is 0. The maximum atomic E-state index is 13.0. The number of rotatable bonds is 2. The van der Waals surface area contributed by atoms with Crippen molar-refractivity contribution in [2.24, 2.45) is 0 Å². The fourth-order valence-corrected chi connectivity index (χ4v) is 4.31. The highest BCUT2D eigenvalue weighted by Crippen LogP contribution is 2.38. The summed E-state index contributed by atoms with van der Waals surface area (Å²) in [6.07, 6.45) is -7.02. The lowest BCUT2D eigenvalue weighted by Gasteiger charge is -2.21. The van der Waals surface area contributed by atoms with Crippen LogP contribution in [-0.4, -0.2) is 28.8 Å². The predicted octanol–water partition coefficient (Wildman–Crippen LogP) is 3.52. The predicted molar refractivity (Wildman–Crippen MR) is 80.9 cm³/mol. The van der Waals surface area contributed by atoms with Crippen molar-refractivity contribution in [1.82, 2.24) is 13.9 Å². The van der Waals surface area contributed by atoms with E-state index in [4.69, 9.17) is 0 Å². The lowest BCUT2D eigenvalue weighted by Crippen LogP contribution is -2.31. The summed E-state index contributed by atoms with van der Waals surface area (Å²) < 4.78 is 106. The van der Waals surface area contributed by atoms with E-state index < -0.39 is 38.4 Å². The van der Waals surface area contributed by atoms with Crippen LogP contribution in [0.25, 0.3) is 0 Å². The molecule has 1 aromatic carbocycles. The van der Waals surface area contributed by atoms with Gasteiger partial charge in [0.25, 0.3) is 0 Å². The smallest absolute Gasteiger partial charge is 0.333 e. The van der Waals surface area contributed by atoms with Crippen LogP contribution < -0.4 is 0 Å². The highest BCUT2D eigenvalue weighted by atomic mass is 32.2. The summed E-state index contributed by atoms with van der Waals surface area (Å²) in [7, 11) is -4.58. The van der Waals surface area contributed by atoms with Crippen LogP contribution in [0.5, 0.6) is 0 Å². The Balaban J connectivity index is 2.08. The van der Waals surface area contributed by atoms with E-state index in [2.05, 4.69) is 4.98 Å². The minimum absolute atomic E-state index is 0.0401. The normalized spacial score (nSPS) is 16.8. The number of hydrogen-bond acceptors (Lipinski definition) is 3. The van der Waals surface area contributed by atoms with Crippen LogP contribution in [-0.2, 0) is 35.5 Å². The van der Waals surface area contributed by atoms with E-state index in [9.17, 15) is 34.8 Å². The molecule has 0 radical (unpaired) electrons. The van der Waals surface area contributed by atoms with E-state index in [0.717, 1.165) is 4.31 Å². The van der Waals surface area contributed by atoms with Gasteiger partial charge in [0, 0.05) is 19.3 Å². The molecule has 0 spiro atoms. The first-order chi connectivity index (χ1) is 12.4. The lowest BCUT2D eigenvalue weighted by molar-refractivity contribution is -0.143. The Hall–Kier alpha value is -2.08. The van der Waals surface area contributed by atoms with Crippen LogP contribution in [0.3, 0.4) is 0 Å². The largest absolute Gasteiger partial charge is 0.416 e. The number of alkyl halides is 6. The molecular weight excluding hydrogens is 400 g/mol. The number of fused-ring (bicyclic) bond motifs is 1. The fourth-order valence-electron chi connectivity index (χ4n) is 2.79. The van der Waals surface area contributed by atoms with Crippen molar-refractivity contribution in [3.05, 3.63) is 47.5 Å². The summed E-state index contributed by atoms with van der Waals surface area (Å²) in [4.78, 5) is 2.83. The van der Waals surface area contributed by atoms with Crippen molar-refractivity contribution in [3.63, 3.8) is 0 Å². The summed E-state index contributed by atoms with van der Waals surface area (Å²) in [6, 6.07) is 0.357. The van der Waals surface area contributed by atoms with Crippen LogP contribution in [0.2, 0.25) is 0 Å². The van der Waals surface area contributed by atoms with Gasteiger partial charge in [-0.1, -0.05) is 0 Å². The van der Waals surface area contributed by atoms with E-state index in [1.165, 1.54) is 12.5 Å². The topological polar surface area (TPSA) is 55.2 Å². The SMILES string of the molecule is O=S(=O)(c1cc(C(F)(F)F)cc(C(F)(F)F)c1)N1CCCn2cncc2C1. The van der Waals surface area contributed by atoms with Crippen molar-refractivity contribution >= 4 is 10.0 Å². The van der Waals surface area contributed by atoms with Gasteiger partial charge < -0.3 is 4.57 Å². The Bertz CT molecular complexity index is 917. The number of aryl methyl sites for hydroxylation is 1. The first-order valence-electron chi connectivity index (χ1n) is 7.68. The minimum Gasteiger partial charge on any atom is -0.333 e. The van der Waals surface area contributed by atoms with Gasteiger partial charge in [-0.15, -0.1) is 0 Å². The van der Waals surface area contributed by atoms with Crippen LogP contribution in [0.15, 0.2) is 35.6 Å². The van der Waals surface area contributed by atoms with Gasteiger partial charge in [0.05, 0.1) is 34.6 Å². The van der Waals surface area contributed by atoms with E-state index in [0.29, 0.717) is 18.7 Å². The Labute approximate surface area is 150 Å². The number of halogens is 6. The van der Waals surface area contributed by atoms with Gasteiger partial charge in [0.1, 0.15) is 0 Å². The van der Waals surface area contributed by atoms with Crippen molar-refractivity contribution in [2.75, 3.05) is 6.54 Å². The van der Waals surface area contributed by atoms with Crippen LogP contribution in [0.4, 0.5) is 26.3 Å². The molecule has 1 aromatic heterocycles. The zero-order chi connectivity index (χ0) is 20.0. The second-order valence-corrected chi connectivity index (χ2v) is 7.95. The molecule has 0 amide bonds. The van der Waals surface area contributed by atoms with Gasteiger partial charge in [-0.25, -0.2) is 13.4 Å². The third-order valence-electron chi connectivity index (χ3n) is 4.14. The first-order valence-corrected chi connectivity index (χ1v) is 9.12. The minimum atomic E-state index is -5.12. The molecule has 1 aliphatic rings. The van der Waals surface area contributed by atoms with Gasteiger partial charge >= 0.3 is 12.4 Å². The first kappa shape index (κ1) is 19.7. The van der Waals surface area contributed by atoms with Crippen molar-refractivity contribution in [1.29, 1.82) is 0 Å². The van der Waals surface area contributed by atoms with Crippen LogP contribution in [0, 0.1) is 0 Å². The number of sulfonamides is 1. The van der Waals surface area contributed by atoms with E-state index >= 15 is 0 Å². The molecule has 0 N–H and O–H groups in total. The van der Waals surface area contributed by atoms with Gasteiger partial charge in [-0.05, 0) is 24.6 Å². The zero-order valence-corrected chi connectivity index (χ0v) is 14.4. The monoisotopic (exact) mass is 413 g/mol. The van der Waals surface area contributed by atoms with E-state index in [-0.39, 0.29) is 31.3 Å². The second-order valence-electron chi connectivity index (χ2n) is 6.01. The zero-order valence-electron chi connectivity index (χ0n) is 13.5. The average Bonchev–Trinajstić information content (AvgIpc) is 2.89. The molecule has 0 saturated heterocycles. The molecular formula is C15H13F6N3O2S. The van der Waals surface area contributed by atoms with E-state index in [1.54, 1.807) is 4.57 Å². The maximum absolute atomic E-state index is 13.0. The number of hydrogen-bond donors (Lipinski definition) is 0. The molecule has 148 valence electrons. The Morgan fingerprint density at radius 3 is 2.07 bits per heavy atom. The van der Waals surface area contributed by atoms with Crippen molar-refractivity contribution in [2.45, 2.75) is 36.8 Å². The van der Waals surface area contributed by atoms with Gasteiger partial charge in [0.2, 0.25) is 10.0 Å². The summed E-state index contributed by atoms with van der Waals surface area (Å²) in [6.45, 7) is 0.208. The number of benzene rings is 1. The Morgan fingerprint density at radius 1 is 0.926 bits per heavy atom. The molecule has 5 nitrogen and oxygen atoms in total. The molecule has 27 heavy (non-hydrogen) atoms. The van der Waals surface area contributed by atoms with Gasteiger partial charge in [-0.2, -0.15) is 30.6 Å². The quantitative estimate of drug-likeness (QED) is 0.708. The van der Waals surface area contributed by atoms with Crippen molar-refractivity contribution in [3.8, 4) is 0 Å². The highest BCUT2D eigenvalue weighted by molar-refractivity contribution is 7.89. The van der Waals surface area contributed by atoms with Crippen molar-refractivity contribution < 1.29 is 34.8 Å². The third kappa shape index (κ3) is 3.95. The Kier molecular flexibility index (Phi) is 4.75. The van der Waals surface area contributed by atoms with Gasteiger partial charge in [-0.3, -0.25) is 0 Å². The van der Waals surface area contributed by atoms with Crippen LogP contribution in [0.1, 0.15) is 23.2 Å². The molecule has 2 heterocycles. The van der Waals surface area contributed by atoms with Crippen LogP contribution >= 0.6 is 0 Å². The summed E-state index contributed by atoms with van der Waals surface area (Å²) in [5.41, 5.74) is -2.84. The molecule has 0 unspecified atom stereocenters. The molecule has 0 atom stereocenters. The molecule has 1 aliphatic heterocycles.